The van der Waals surface area contributed by atoms with E-state index in [0.717, 1.165) is 47.6 Å². The standard InChI is InChI=1S/C27H30N2O3S/c1-3-29-16-15-21-23(18-29)33-26(25(21)27(31)32-4-2)28-24(30)17-22(19-11-7-5-8-12-19)20-13-9-6-10-14-20/h5-14,22H,3-4,15-18H2,1-2H3,(H,28,30). The molecule has 4 rings (SSSR count). The molecule has 0 saturated heterocycles. The summed E-state index contributed by atoms with van der Waals surface area (Å²) in [6.45, 7) is 6.92. The van der Waals surface area contributed by atoms with Crippen LogP contribution in [0.4, 0.5) is 5.00 Å². The zero-order valence-corrected chi connectivity index (χ0v) is 20.0. The first-order valence-corrected chi connectivity index (χ1v) is 12.4. The molecule has 0 spiro atoms. The van der Waals surface area contributed by atoms with Crippen LogP contribution in [0.1, 0.15) is 58.1 Å². The van der Waals surface area contributed by atoms with Crippen molar-refractivity contribution in [2.45, 2.75) is 39.2 Å². The molecule has 0 radical (unpaired) electrons. The van der Waals surface area contributed by atoms with Crippen LogP contribution < -0.4 is 5.32 Å². The predicted octanol–water partition coefficient (Wildman–Crippen LogP) is 5.46. The van der Waals surface area contributed by atoms with Crippen LogP contribution in [0.5, 0.6) is 0 Å². The summed E-state index contributed by atoms with van der Waals surface area (Å²) in [6.07, 6.45) is 1.08. The molecule has 1 aliphatic rings. The van der Waals surface area contributed by atoms with E-state index in [0.29, 0.717) is 23.6 Å². The highest BCUT2D eigenvalue weighted by Crippen LogP contribution is 2.38. The minimum Gasteiger partial charge on any atom is -0.462 e. The summed E-state index contributed by atoms with van der Waals surface area (Å²) in [5.74, 6) is -0.522. The molecular weight excluding hydrogens is 432 g/mol. The van der Waals surface area contributed by atoms with Gasteiger partial charge in [-0.05, 0) is 36.6 Å². The molecule has 1 N–H and O–H groups in total. The van der Waals surface area contributed by atoms with Crippen molar-refractivity contribution in [3.63, 3.8) is 0 Å². The molecule has 0 fully saturated rings. The molecule has 5 nitrogen and oxygen atoms in total. The minimum atomic E-state index is -0.349. The van der Waals surface area contributed by atoms with Crippen LogP contribution in [0.25, 0.3) is 0 Å². The number of ether oxygens (including phenoxy) is 1. The molecular formula is C27H30N2O3S. The number of likely N-dealkylation sites (N-methyl/N-ethyl adjacent to an activating group) is 1. The maximum Gasteiger partial charge on any atom is 0.341 e. The summed E-state index contributed by atoms with van der Waals surface area (Å²) >= 11 is 1.51. The molecule has 0 saturated carbocycles. The van der Waals surface area contributed by atoms with Gasteiger partial charge in [0.25, 0.3) is 0 Å². The number of benzene rings is 2. The maximum absolute atomic E-state index is 13.3. The molecule has 33 heavy (non-hydrogen) atoms. The van der Waals surface area contributed by atoms with Gasteiger partial charge in [-0.1, -0.05) is 67.6 Å². The second-order valence-electron chi connectivity index (χ2n) is 8.17. The average molecular weight is 463 g/mol. The van der Waals surface area contributed by atoms with Crippen molar-refractivity contribution in [3.8, 4) is 0 Å². The zero-order valence-electron chi connectivity index (χ0n) is 19.2. The van der Waals surface area contributed by atoms with Gasteiger partial charge in [0.2, 0.25) is 5.91 Å². The Labute approximate surface area is 199 Å². The van der Waals surface area contributed by atoms with E-state index in [1.807, 2.05) is 36.4 Å². The van der Waals surface area contributed by atoms with Crippen LogP contribution in [0.3, 0.4) is 0 Å². The number of esters is 1. The zero-order chi connectivity index (χ0) is 23.2. The average Bonchev–Trinajstić information content (AvgIpc) is 3.20. The minimum absolute atomic E-state index is 0.0661. The van der Waals surface area contributed by atoms with Crippen LogP contribution >= 0.6 is 11.3 Å². The van der Waals surface area contributed by atoms with Gasteiger partial charge < -0.3 is 10.1 Å². The second-order valence-corrected chi connectivity index (χ2v) is 9.28. The van der Waals surface area contributed by atoms with Gasteiger partial charge in [-0.15, -0.1) is 11.3 Å². The Morgan fingerprint density at radius 3 is 2.24 bits per heavy atom. The highest BCUT2D eigenvalue weighted by Gasteiger charge is 2.29. The lowest BCUT2D eigenvalue weighted by molar-refractivity contribution is -0.116. The Balaban J connectivity index is 1.60. The van der Waals surface area contributed by atoms with Gasteiger partial charge in [0.15, 0.2) is 0 Å². The van der Waals surface area contributed by atoms with Crippen LogP contribution in [0.2, 0.25) is 0 Å². The van der Waals surface area contributed by atoms with Crippen molar-refractivity contribution in [1.29, 1.82) is 0 Å². The van der Waals surface area contributed by atoms with Crippen molar-refractivity contribution in [2.75, 3.05) is 25.0 Å². The Morgan fingerprint density at radius 1 is 1.03 bits per heavy atom. The van der Waals surface area contributed by atoms with Crippen LogP contribution in [-0.4, -0.2) is 36.5 Å². The second kappa shape index (κ2) is 10.8. The number of thiophene rings is 1. The monoisotopic (exact) mass is 462 g/mol. The molecule has 2 heterocycles. The van der Waals surface area contributed by atoms with E-state index in [1.54, 1.807) is 6.92 Å². The van der Waals surface area contributed by atoms with E-state index in [1.165, 1.54) is 11.3 Å². The Kier molecular flexibility index (Phi) is 7.57. The topological polar surface area (TPSA) is 58.6 Å². The van der Waals surface area contributed by atoms with E-state index < -0.39 is 0 Å². The summed E-state index contributed by atoms with van der Waals surface area (Å²) in [4.78, 5) is 29.6. The molecule has 1 amide bonds. The molecule has 0 unspecified atom stereocenters. The summed E-state index contributed by atoms with van der Waals surface area (Å²) in [5.41, 5.74) is 3.75. The highest BCUT2D eigenvalue weighted by molar-refractivity contribution is 7.17. The van der Waals surface area contributed by atoms with E-state index in [-0.39, 0.29) is 17.8 Å². The number of fused-ring (bicyclic) bond motifs is 1. The van der Waals surface area contributed by atoms with Crippen molar-refractivity contribution in [2.24, 2.45) is 0 Å². The predicted molar refractivity (Wildman–Crippen MR) is 133 cm³/mol. The third-order valence-corrected chi connectivity index (χ3v) is 7.24. The highest BCUT2D eigenvalue weighted by atomic mass is 32.1. The van der Waals surface area contributed by atoms with Gasteiger partial charge in [0, 0.05) is 30.3 Å². The first-order valence-electron chi connectivity index (χ1n) is 11.5. The Hall–Kier alpha value is -2.96. The number of amides is 1. The van der Waals surface area contributed by atoms with Crippen molar-refractivity contribution in [1.82, 2.24) is 4.90 Å². The number of nitrogens with zero attached hydrogens (tertiary/aromatic N) is 1. The number of nitrogens with one attached hydrogen (secondary N) is 1. The quantitative estimate of drug-likeness (QED) is 0.452. The van der Waals surface area contributed by atoms with Crippen molar-refractivity contribution >= 4 is 28.2 Å². The molecule has 6 heteroatoms. The normalized spacial score (nSPS) is 13.5. The molecule has 2 aromatic carbocycles. The molecule has 0 atom stereocenters. The SMILES string of the molecule is CCOC(=O)c1c(NC(=O)CC(c2ccccc2)c2ccccc2)sc2c1CCN(CC)C2. The number of carbonyl (C=O) groups excluding carboxylic acids is 2. The lowest BCUT2D eigenvalue weighted by Gasteiger charge is -2.25. The fraction of sp³-hybridized carbons (Fsp3) is 0.333. The molecule has 0 aliphatic carbocycles. The largest absolute Gasteiger partial charge is 0.462 e. The first kappa shape index (κ1) is 23.2. The van der Waals surface area contributed by atoms with Crippen LogP contribution in [-0.2, 0) is 22.5 Å². The summed E-state index contributed by atoms with van der Waals surface area (Å²) in [5, 5.41) is 3.68. The van der Waals surface area contributed by atoms with Gasteiger partial charge in [-0.25, -0.2) is 4.79 Å². The molecule has 1 aliphatic heterocycles. The number of carbonyl (C=O) groups is 2. The maximum atomic E-state index is 13.3. The molecule has 0 bridgehead atoms. The first-order chi connectivity index (χ1) is 16.1. The Bertz CT molecular complexity index is 1060. The van der Waals surface area contributed by atoms with Gasteiger partial charge in [0.1, 0.15) is 5.00 Å². The van der Waals surface area contributed by atoms with E-state index in [4.69, 9.17) is 4.74 Å². The van der Waals surface area contributed by atoms with Crippen LogP contribution in [0, 0.1) is 0 Å². The van der Waals surface area contributed by atoms with Crippen molar-refractivity contribution in [3.05, 3.63) is 87.8 Å². The van der Waals surface area contributed by atoms with E-state index >= 15 is 0 Å². The smallest absolute Gasteiger partial charge is 0.341 e. The molecule has 3 aromatic rings. The van der Waals surface area contributed by atoms with Crippen LogP contribution in [0.15, 0.2) is 60.7 Å². The van der Waals surface area contributed by atoms with E-state index in [9.17, 15) is 9.59 Å². The van der Waals surface area contributed by atoms with Gasteiger partial charge in [-0.2, -0.15) is 0 Å². The van der Waals surface area contributed by atoms with Gasteiger partial charge >= 0.3 is 5.97 Å². The number of hydrogen-bond acceptors (Lipinski definition) is 5. The molecule has 1 aromatic heterocycles. The third-order valence-electron chi connectivity index (χ3n) is 6.11. The summed E-state index contributed by atoms with van der Waals surface area (Å²) in [6, 6.07) is 20.2. The van der Waals surface area contributed by atoms with E-state index in [2.05, 4.69) is 41.4 Å². The summed E-state index contributed by atoms with van der Waals surface area (Å²) in [7, 11) is 0. The van der Waals surface area contributed by atoms with Gasteiger partial charge in [-0.3, -0.25) is 9.69 Å². The van der Waals surface area contributed by atoms with Gasteiger partial charge in [0.05, 0.1) is 12.2 Å². The molecule has 172 valence electrons. The number of rotatable bonds is 8. The van der Waals surface area contributed by atoms with Crippen molar-refractivity contribution < 1.29 is 14.3 Å². The Morgan fingerprint density at radius 2 is 1.67 bits per heavy atom. The lowest BCUT2D eigenvalue weighted by atomic mass is 9.88. The fourth-order valence-electron chi connectivity index (χ4n) is 4.40. The summed E-state index contributed by atoms with van der Waals surface area (Å²) < 4.78 is 5.35. The fourth-order valence-corrected chi connectivity index (χ4v) is 5.69. The lowest BCUT2D eigenvalue weighted by Crippen LogP contribution is -2.30. The third kappa shape index (κ3) is 5.34. The number of hydrogen-bond donors (Lipinski definition) is 1. The number of anilines is 1.